The molecule has 3 aromatic rings. The topological polar surface area (TPSA) is 126 Å². The van der Waals surface area contributed by atoms with Gasteiger partial charge in [0.05, 0.1) is 34.0 Å². The summed E-state index contributed by atoms with van der Waals surface area (Å²) in [6, 6.07) is 15.5. The summed E-state index contributed by atoms with van der Waals surface area (Å²) in [6.07, 6.45) is 1.57. The van der Waals surface area contributed by atoms with Gasteiger partial charge in [-0.1, -0.05) is 26.0 Å². The Morgan fingerprint density at radius 3 is 2.53 bits per heavy atom. The molecule has 1 amide bonds. The molecule has 0 atom stereocenters. The molecule has 0 spiro atoms. The number of hydrogen-bond donors (Lipinski definition) is 1. The molecule has 36 heavy (non-hydrogen) atoms. The van der Waals surface area contributed by atoms with Gasteiger partial charge >= 0.3 is 5.97 Å². The van der Waals surface area contributed by atoms with E-state index in [2.05, 4.69) is 5.10 Å². The van der Waals surface area contributed by atoms with Crippen LogP contribution < -0.4 is 5.01 Å². The maximum Gasteiger partial charge on any atom is 0.338 e. The van der Waals surface area contributed by atoms with Crippen LogP contribution in [0.1, 0.15) is 36.9 Å². The number of carbonyl (C=O) groups is 2. The lowest BCUT2D eigenvalue weighted by Gasteiger charge is -2.11. The van der Waals surface area contributed by atoms with Crippen molar-refractivity contribution in [1.29, 1.82) is 0 Å². The van der Waals surface area contributed by atoms with Crippen molar-refractivity contribution in [2.24, 2.45) is 11.0 Å². The molecule has 0 unspecified atom stereocenters. The van der Waals surface area contributed by atoms with E-state index in [9.17, 15) is 18.0 Å². The minimum Gasteiger partial charge on any atom is -0.462 e. The molecule has 1 aliphatic rings. The first-order valence-electron chi connectivity index (χ1n) is 11.1. The molecular formula is C26H24N2O7S. The Bertz CT molecular complexity index is 1480. The minimum atomic E-state index is -4.34. The summed E-state index contributed by atoms with van der Waals surface area (Å²) >= 11 is 0. The van der Waals surface area contributed by atoms with Crippen molar-refractivity contribution in [2.75, 3.05) is 11.6 Å². The lowest BCUT2D eigenvalue weighted by molar-refractivity contribution is -0.114. The number of rotatable bonds is 7. The molecule has 2 heterocycles. The Labute approximate surface area is 208 Å². The monoisotopic (exact) mass is 508 g/mol. The Hall–Kier alpha value is -4.02. The number of furan rings is 1. The first kappa shape index (κ1) is 25.1. The third kappa shape index (κ3) is 5.45. The molecule has 0 aliphatic carbocycles. The zero-order valence-corrected chi connectivity index (χ0v) is 20.7. The molecule has 0 radical (unpaired) electrons. The van der Waals surface area contributed by atoms with Gasteiger partial charge in [0.2, 0.25) is 0 Å². The van der Waals surface area contributed by atoms with Gasteiger partial charge in [0, 0.05) is 5.56 Å². The summed E-state index contributed by atoms with van der Waals surface area (Å²) in [6.45, 7) is 5.93. The first-order chi connectivity index (χ1) is 17.0. The molecule has 0 saturated carbocycles. The van der Waals surface area contributed by atoms with Crippen LogP contribution in [0.4, 0.5) is 5.69 Å². The quantitative estimate of drug-likeness (QED) is 0.276. The molecule has 186 valence electrons. The average Bonchev–Trinajstić information content (AvgIpc) is 3.42. The Balaban J connectivity index is 1.53. The van der Waals surface area contributed by atoms with Crippen LogP contribution in [0.15, 0.2) is 80.7 Å². The highest BCUT2D eigenvalue weighted by molar-refractivity contribution is 7.85. The van der Waals surface area contributed by atoms with E-state index in [1.807, 2.05) is 13.8 Å². The molecule has 1 aromatic heterocycles. The fourth-order valence-corrected chi connectivity index (χ4v) is 3.95. The van der Waals surface area contributed by atoms with Crippen LogP contribution in [0.5, 0.6) is 0 Å². The molecule has 9 nitrogen and oxygen atoms in total. The molecule has 2 aromatic carbocycles. The van der Waals surface area contributed by atoms with Gasteiger partial charge in [-0.05, 0) is 67.4 Å². The highest BCUT2D eigenvalue weighted by Gasteiger charge is 2.29. The van der Waals surface area contributed by atoms with E-state index < -0.39 is 22.0 Å². The normalized spacial score (nSPS) is 15.0. The number of carbonyl (C=O) groups excluding carboxylic acids is 2. The molecule has 1 aliphatic heterocycles. The fraction of sp³-hybridized carbons (Fsp3) is 0.192. The Morgan fingerprint density at radius 1 is 1.14 bits per heavy atom. The van der Waals surface area contributed by atoms with E-state index in [1.54, 1.807) is 49.4 Å². The Morgan fingerprint density at radius 2 is 1.86 bits per heavy atom. The second kappa shape index (κ2) is 9.92. The van der Waals surface area contributed by atoms with Crippen molar-refractivity contribution in [2.45, 2.75) is 25.7 Å². The second-order valence-electron chi connectivity index (χ2n) is 8.60. The van der Waals surface area contributed by atoms with Crippen LogP contribution in [-0.2, 0) is 19.6 Å². The molecular weight excluding hydrogens is 484 g/mol. The van der Waals surface area contributed by atoms with Crippen molar-refractivity contribution in [3.63, 3.8) is 0 Å². The number of esters is 1. The molecule has 4 rings (SSSR count). The van der Waals surface area contributed by atoms with E-state index in [0.717, 1.165) is 5.01 Å². The molecule has 10 heteroatoms. The molecule has 0 bridgehead atoms. The van der Waals surface area contributed by atoms with E-state index in [1.165, 1.54) is 24.3 Å². The standard InChI is InChI=1S/C26H24N2O7S/c1-16(2)15-34-26(30)19-6-4-5-18(13-19)24-12-9-21(35-24)14-23-17(3)27-28(25(23)29)20-7-10-22(11-8-20)36(31,32)33/h4-14,16H,15H2,1-3H3,(H,31,32,33)/b23-14+. The largest absolute Gasteiger partial charge is 0.462 e. The highest BCUT2D eigenvalue weighted by Crippen LogP contribution is 2.28. The molecule has 0 saturated heterocycles. The van der Waals surface area contributed by atoms with Crippen molar-refractivity contribution in [3.05, 3.63) is 77.6 Å². The van der Waals surface area contributed by atoms with Crippen molar-refractivity contribution in [3.8, 4) is 11.3 Å². The molecule has 0 fully saturated rings. The lowest BCUT2D eigenvalue weighted by Crippen LogP contribution is -2.21. The summed E-state index contributed by atoms with van der Waals surface area (Å²) in [5.41, 5.74) is 2.19. The summed E-state index contributed by atoms with van der Waals surface area (Å²) < 4.78 is 42.8. The third-order valence-electron chi connectivity index (χ3n) is 5.29. The van der Waals surface area contributed by atoms with Crippen LogP contribution in [0.25, 0.3) is 17.4 Å². The molecule has 1 N–H and O–H groups in total. The van der Waals surface area contributed by atoms with Crippen molar-refractivity contribution in [1.82, 2.24) is 0 Å². The van der Waals surface area contributed by atoms with Crippen LogP contribution in [0.3, 0.4) is 0 Å². The van der Waals surface area contributed by atoms with E-state index in [-0.39, 0.29) is 10.8 Å². The van der Waals surface area contributed by atoms with Gasteiger partial charge < -0.3 is 9.15 Å². The zero-order valence-electron chi connectivity index (χ0n) is 19.8. The number of hydrazone groups is 1. The zero-order chi connectivity index (χ0) is 26.0. The fourth-order valence-electron chi connectivity index (χ4n) is 3.47. The van der Waals surface area contributed by atoms with E-state index in [4.69, 9.17) is 13.7 Å². The van der Waals surface area contributed by atoms with Gasteiger partial charge in [-0.2, -0.15) is 18.5 Å². The van der Waals surface area contributed by atoms with Crippen LogP contribution in [-0.4, -0.2) is 37.2 Å². The lowest BCUT2D eigenvalue weighted by atomic mass is 10.1. The minimum absolute atomic E-state index is 0.232. The number of amides is 1. The maximum absolute atomic E-state index is 13.0. The first-order valence-corrected chi connectivity index (χ1v) is 12.5. The van der Waals surface area contributed by atoms with Gasteiger partial charge in [-0.25, -0.2) is 4.79 Å². The predicted octanol–water partition coefficient (Wildman–Crippen LogP) is 4.81. The van der Waals surface area contributed by atoms with Gasteiger partial charge in [0.25, 0.3) is 16.0 Å². The maximum atomic E-state index is 13.0. The SMILES string of the molecule is CC1=NN(c2ccc(S(=O)(=O)O)cc2)C(=O)/C1=C/c1ccc(-c2cccc(C(=O)OCC(C)C)c2)o1. The number of ether oxygens (including phenoxy) is 1. The highest BCUT2D eigenvalue weighted by atomic mass is 32.2. The van der Waals surface area contributed by atoms with Crippen molar-refractivity contribution < 1.29 is 31.7 Å². The number of nitrogens with zero attached hydrogens (tertiary/aromatic N) is 2. The summed E-state index contributed by atoms with van der Waals surface area (Å²) in [5, 5.41) is 5.41. The van der Waals surface area contributed by atoms with E-state index >= 15 is 0 Å². The number of hydrogen-bond acceptors (Lipinski definition) is 7. The second-order valence-corrected chi connectivity index (χ2v) is 10.0. The van der Waals surface area contributed by atoms with Gasteiger partial charge in [0.15, 0.2) is 0 Å². The number of benzene rings is 2. The van der Waals surface area contributed by atoms with Crippen LogP contribution in [0.2, 0.25) is 0 Å². The smallest absolute Gasteiger partial charge is 0.338 e. The van der Waals surface area contributed by atoms with Crippen molar-refractivity contribution >= 4 is 39.5 Å². The summed E-state index contributed by atoms with van der Waals surface area (Å²) in [7, 11) is -4.34. The summed E-state index contributed by atoms with van der Waals surface area (Å²) in [5.74, 6) is 0.333. The van der Waals surface area contributed by atoms with Crippen LogP contribution >= 0.6 is 0 Å². The third-order valence-corrected chi connectivity index (χ3v) is 6.15. The van der Waals surface area contributed by atoms with Gasteiger partial charge in [-0.3, -0.25) is 9.35 Å². The van der Waals surface area contributed by atoms with Gasteiger partial charge in [0.1, 0.15) is 11.5 Å². The number of anilines is 1. The predicted molar refractivity (Wildman–Crippen MR) is 134 cm³/mol. The summed E-state index contributed by atoms with van der Waals surface area (Å²) in [4.78, 5) is 25.0. The van der Waals surface area contributed by atoms with Gasteiger partial charge in [-0.15, -0.1) is 0 Å². The average molecular weight is 509 g/mol. The van der Waals surface area contributed by atoms with Crippen LogP contribution in [0, 0.1) is 5.92 Å². The Kier molecular flexibility index (Phi) is 6.91. The van der Waals surface area contributed by atoms with E-state index in [0.29, 0.717) is 46.2 Å².